The van der Waals surface area contributed by atoms with E-state index in [4.69, 9.17) is 18.9 Å². The van der Waals surface area contributed by atoms with E-state index in [0.717, 1.165) is 5.69 Å². The van der Waals surface area contributed by atoms with Crippen molar-refractivity contribution in [2.75, 3.05) is 40.4 Å². The van der Waals surface area contributed by atoms with Crippen molar-refractivity contribution < 1.29 is 23.3 Å². The molecule has 0 aromatic heterocycles. The average molecular weight is 321 g/mol. The van der Waals surface area contributed by atoms with Gasteiger partial charge < -0.3 is 23.8 Å². The van der Waals surface area contributed by atoms with E-state index in [2.05, 4.69) is 0 Å². The Morgan fingerprint density at radius 2 is 1.30 bits per heavy atom. The van der Waals surface area contributed by atoms with Crippen molar-refractivity contribution in [3.05, 3.63) is 36.1 Å². The number of anilines is 2. The minimum absolute atomic E-state index is 0.201. The highest BCUT2D eigenvalue weighted by molar-refractivity contribution is 5.70. The number of benzene rings is 2. The number of halogens is 1. The van der Waals surface area contributed by atoms with Gasteiger partial charge in [-0.2, -0.15) is 0 Å². The first-order chi connectivity index (χ1) is 11.0. The van der Waals surface area contributed by atoms with E-state index in [1.54, 1.807) is 45.6 Å². The van der Waals surface area contributed by atoms with Crippen molar-refractivity contribution in [1.82, 2.24) is 0 Å². The third-order valence-corrected chi connectivity index (χ3v) is 3.56. The fourth-order valence-electron chi connectivity index (χ4n) is 2.27. The van der Waals surface area contributed by atoms with Gasteiger partial charge in [0.05, 0.1) is 28.4 Å². The molecule has 124 valence electrons. The molecule has 6 heteroatoms. The fraction of sp³-hybridized carbons (Fsp3) is 0.294. The number of nitrogens with zero attached hydrogens (tertiary/aromatic N) is 1. The Bertz CT molecular complexity index is 665. The molecule has 0 bridgehead atoms. The molecular formula is C17H20FNO4. The van der Waals surface area contributed by atoms with Gasteiger partial charge in [-0.15, -0.1) is 0 Å². The molecule has 0 aliphatic heterocycles. The summed E-state index contributed by atoms with van der Waals surface area (Å²) in [5, 5.41) is 0. The molecule has 2 rings (SSSR count). The Morgan fingerprint density at radius 1 is 0.739 bits per heavy atom. The lowest BCUT2D eigenvalue weighted by Crippen LogP contribution is -2.10. The van der Waals surface area contributed by atoms with Crippen LogP contribution in [0.4, 0.5) is 15.8 Å². The van der Waals surface area contributed by atoms with E-state index >= 15 is 0 Å². The summed E-state index contributed by atoms with van der Waals surface area (Å²) in [6, 6.07) is 8.35. The molecule has 0 heterocycles. The second-order valence-corrected chi connectivity index (χ2v) is 4.76. The van der Waals surface area contributed by atoms with Gasteiger partial charge in [-0.3, -0.25) is 0 Å². The highest BCUT2D eigenvalue weighted by atomic mass is 19.1. The number of methoxy groups -OCH3 is 4. The molecule has 0 saturated carbocycles. The smallest absolute Gasteiger partial charge is 0.203 e. The van der Waals surface area contributed by atoms with E-state index in [-0.39, 0.29) is 5.75 Å². The second-order valence-electron chi connectivity index (χ2n) is 4.76. The minimum Gasteiger partial charge on any atom is -0.494 e. The molecule has 0 saturated heterocycles. The van der Waals surface area contributed by atoms with Crippen molar-refractivity contribution >= 4 is 11.4 Å². The van der Waals surface area contributed by atoms with Gasteiger partial charge in [0, 0.05) is 36.6 Å². The molecule has 5 nitrogen and oxygen atoms in total. The molecule has 0 radical (unpaired) electrons. The van der Waals surface area contributed by atoms with Crippen LogP contribution in [-0.2, 0) is 0 Å². The molecule has 0 spiro atoms. The standard InChI is InChI=1S/C17H20FNO4/c1-19(11-6-7-14(20-2)13(18)8-11)12-9-15(21-3)17(23-5)16(10-12)22-4/h6-10H,1-5H3. The van der Waals surface area contributed by atoms with Crippen LogP contribution in [0.15, 0.2) is 30.3 Å². The van der Waals surface area contributed by atoms with Gasteiger partial charge in [-0.25, -0.2) is 4.39 Å². The van der Waals surface area contributed by atoms with Crippen LogP contribution in [0.5, 0.6) is 23.0 Å². The first kappa shape index (κ1) is 16.7. The molecule has 0 aliphatic carbocycles. The summed E-state index contributed by atoms with van der Waals surface area (Å²) in [7, 11) is 7.90. The van der Waals surface area contributed by atoms with Crippen LogP contribution in [0.25, 0.3) is 0 Å². The Labute approximate surface area is 135 Å². The monoisotopic (exact) mass is 321 g/mol. The summed E-state index contributed by atoms with van der Waals surface area (Å²) < 4.78 is 34.8. The molecule has 0 atom stereocenters. The Morgan fingerprint density at radius 3 is 1.74 bits per heavy atom. The van der Waals surface area contributed by atoms with E-state index in [0.29, 0.717) is 22.9 Å². The van der Waals surface area contributed by atoms with E-state index in [1.807, 2.05) is 11.9 Å². The summed E-state index contributed by atoms with van der Waals surface area (Å²) in [5.74, 6) is 1.34. The van der Waals surface area contributed by atoms with E-state index in [9.17, 15) is 4.39 Å². The zero-order chi connectivity index (χ0) is 17.0. The molecule has 2 aromatic rings. The maximum Gasteiger partial charge on any atom is 0.203 e. The maximum absolute atomic E-state index is 13.9. The molecule has 0 N–H and O–H groups in total. The molecule has 2 aromatic carbocycles. The summed E-state index contributed by atoms with van der Waals surface area (Å²) >= 11 is 0. The van der Waals surface area contributed by atoms with Gasteiger partial charge in [0.15, 0.2) is 23.1 Å². The zero-order valence-electron chi connectivity index (χ0n) is 13.8. The zero-order valence-corrected chi connectivity index (χ0v) is 13.8. The molecule has 23 heavy (non-hydrogen) atoms. The van der Waals surface area contributed by atoms with Crippen LogP contribution < -0.4 is 23.8 Å². The molecule has 0 fully saturated rings. The predicted molar refractivity (Wildman–Crippen MR) is 87.1 cm³/mol. The third-order valence-electron chi connectivity index (χ3n) is 3.56. The SMILES string of the molecule is COc1ccc(N(C)c2cc(OC)c(OC)c(OC)c2)cc1F. The normalized spacial score (nSPS) is 10.2. The summed E-state index contributed by atoms with van der Waals surface area (Å²) in [6.07, 6.45) is 0. The van der Waals surface area contributed by atoms with Gasteiger partial charge >= 0.3 is 0 Å². The minimum atomic E-state index is -0.427. The topological polar surface area (TPSA) is 40.2 Å². The number of ether oxygens (including phenoxy) is 4. The van der Waals surface area contributed by atoms with Crippen LogP contribution in [0.2, 0.25) is 0 Å². The van der Waals surface area contributed by atoms with E-state index < -0.39 is 5.82 Å². The van der Waals surface area contributed by atoms with Crippen LogP contribution >= 0.6 is 0 Å². The van der Waals surface area contributed by atoms with Gasteiger partial charge in [0.1, 0.15) is 0 Å². The van der Waals surface area contributed by atoms with Crippen LogP contribution in [-0.4, -0.2) is 35.5 Å². The fourth-order valence-corrected chi connectivity index (χ4v) is 2.27. The molecular weight excluding hydrogens is 301 g/mol. The van der Waals surface area contributed by atoms with Crippen molar-refractivity contribution in [3.63, 3.8) is 0 Å². The highest BCUT2D eigenvalue weighted by Crippen LogP contribution is 2.42. The lowest BCUT2D eigenvalue weighted by molar-refractivity contribution is 0.324. The summed E-state index contributed by atoms with van der Waals surface area (Å²) in [5.41, 5.74) is 1.43. The maximum atomic E-state index is 13.9. The van der Waals surface area contributed by atoms with Crippen molar-refractivity contribution in [3.8, 4) is 23.0 Å². The molecule has 0 amide bonds. The largest absolute Gasteiger partial charge is 0.494 e. The summed E-state index contributed by atoms with van der Waals surface area (Å²) in [4.78, 5) is 1.81. The first-order valence-corrected chi connectivity index (χ1v) is 6.93. The Hall–Kier alpha value is -2.63. The number of hydrogen-bond donors (Lipinski definition) is 0. The number of hydrogen-bond acceptors (Lipinski definition) is 5. The predicted octanol–water partition coefficient (Wildman–Crippen LogP) is 3.63. The first-order valence-electron chi connectivity index (χ1n) is 6.93. The quantitative estimate of drug-likeness (QED) is 0.812. The van der Waals surface area contributed by atoms with Crippen LogP contribution in [0.1, 0.15) is 0 Å². The van der Waals surface area contributed by atoms with Crippen LogP contribution in [0, 0.1) is 5.82 Å². The van der Waals surface area contributed by atoms with Gasteiger partial charge in [-0.1, -0.05) is 0 Å². The number of rotatable bonds is 6. The lowest BCUT2D eigenvalue weighted by Gasteiger charge is -2.22. The average Bonchev–Trinajstić information content (AvgIpc) is 2.59. The van der Waals surface area contributed by atoms with Crippen molar-refractivity contribution in [1.29, 1.82) is 0 Å². The third kappa shape index (κ3) is 3.26. The van der Waals surface area contributed by atoms with Gasteiger partial charge in [0.2, 0.25) is 5.75 Å². The molecule has 0 aliphatic rings. The van der Waals surface area contributed by atoms with Gasteiger partial charge in [-0.05, 0) is 12.1 Å². The lowest BCUT2D eigenvalue weighted by atomic mass is 10.2. The van der Waals surface area contributed by atoms with Gasteiger partial charge in [0.25, 0.3) is 0 Å². The Balaban J connectivity index is 2.46. The van der Waals surface area contributed by atoms with Crippen molar-refractivity contribution in [2.24, 2.45) is 0 Å². The second kappa shape index (κ2) is 7.09. The highest BCUT2D eigenvalue weighted by Gasteiger charge is 2.16. The van der Waals surface area contributed by atoms with E-state index in [1.165, 1.54) is 13.2 Å². The Kier molecular flexibility index (Phi) is 5.16. The molecule has 0 unspecified atom stereocenters. The summed E-state index contributed by atoms with van der Waals surface area (Å²) in [6.45, 7) is 0. The van der Waals surface area contributed by atoms with Crippen molar-refractivity contribution in [2.45, 2.75) is 0 Å². The van der Waals surface area contributed by atoms with Crippen LogP contribution in [0.3, 0.4) is 0 Å².